The molecule has 0 aliphatic carbocycles. The molecule has 2 amide bonds. The number of amides is 2. The molecule has 7 heteroatoms. The van der Waals surface area contributed by atoms with Gasteiger partial charge in [-0.1, -0.05) is 6.92 Å². The zero-order valence-corrected chi connectivity index (χ0v) is 14.5. The summed E-state index contributed by atoms with van der Waals surface area (Å²) < 4.78 is 1.70. The van der Waals surface area contributed by atoms with E-state index in [0.29, 0.717) is 13.0 Å². The molecule has 1 aromatic heterocycles. The van der Waals surface area contributed by atoms with Crippen LogP contribution in [0.5, 0.6) is 0 Å². The molecule has 2 heterocycles. The highest BCUT2D eigenvalue weighted by molar-refractivity contribution is 5.99. The van der Waals surface area contributed by atoms with Gasteiger partial charge in [-0.05, 0) is 37.1 Å². The van der Waals surface area contributed by atoms with Gasteiger partial charge in [0.15, 0.2) is 0 Å². The summed E-state index contributed by atoms with van der Waals surface area (Å²) in [5, 5.41) is 10.3. The van der Waals surface area contributed by atoms with Crippen LogP contribution in [0.3, 0.4) is 0 Å². The van der Waals surface area contributed by atoms with Crippen LogP contribution < -0.4 is 15.5 Å². The van der Waals surface area contributed by atoms with Crippen molar-refractivity contribution in [2.45, 2.75) is 32.2 Å². The lowest BCUT2D eigenvalue weighted by Crippen LogP contribution is -2.47. The molecule has 0 bridgehead atoms. The predicted octanol–water partition coefficient (Wildman–Crippen LogP) is 2.38. The molecule has 1 aliphatic rings. The van der Waals surface area contributed by atoms with Gasteiger partial charge in [0.25, 0.3) is 0 Å². The van der Waals surface area contributed by atoms with Crippen molar-refractivity contribution in [1.29, 1.82) is 0 Å². The van der Waals surface area contributed by atoms with Gasteiger partial charge < -0.3 is 15.5 Å². The average Bonchev–Trinajstić information content (AvgIpc) is 3.04. The standard InChI is InChI=1S/C18H23N5O2/c1-3-17(24)21-14-8-6-13(7-9-14)20-16-5-4-10-23(18(16)25)15-11-19-22(2)12-15/h6-9,11-12,16,20H,3-5,10H2,1-2H3,(H,21,24)/t16-/m0/s1. The maximum absolute atomic E-state index is 12.8. The van der Waals surface area contributed by atoms with Crippen LogP contribution in [0.2, 0.25) is 0 Å². The predicted molar refractivity (Wildman–Crippen MR) is 97.6 cm³/mol. The minimum atomic E-state index is -0.259. The first-order valence-corrected chi connectivity index (χ1v) is 8.53. The van der Waals surface area contributed by atoms with Crippen molar-refractivity contribution in [2.75, 3.05) is 22.1 Å². The quantitative estimate of drug-likeness (QED) is 0.875. The third kappa shape index (κ3) is 3.99. The summed E-state index contributed by atoms with van der Waals surface area (Å²) in [6.07, 6.45) is 5.74. The number of carbonyl (C=O) groups excluding carboxylic acids is 2. The van der Waals surface area contributed by atoms with E-state index >= 15 is 0 Å². The molecule has 0 saturated carbocycles. The highest BCUT2D eigenvalue weighted by Gasteiger charge is 2.30. The summed E-state index contributed by atoms with van der Waals surface area (Å²) in [6.45, 7) is 2.53. The molecule has 2 aromatic rings. The lowest BCUT2D eigenvalue weighted by atomic mass is 10.0. The fourth-order valence-corrected chi connectivity index (χ4v) is 2.91. The minimum absolute atomic E-state index is 0.0183. The third-order valence-electron chi connectivity index (χ3n) is 4.27. The fourth-order valence-electron chi connectivity index (χ4n) is 2.91. The monoisotopic (exact) mass is 341 g/mol. The molecule has 3 rings (SSSR count). The zero-order valence-electron chi connectivity index (χ0n) is 14.5. The van der Waals surface area contributed by atoms with E-state index in [2.05, 4.69) is 15.7 Å². The Balaban J connectivity index is 1.65. The van der Waals surface area contributed by atoms with E-state index in [1.54, 1.807) is 15.8 Å². The van der Waals surface area contributed by atoms with Gasteiger partial charge >= 0.3 is 0 Å². The molecular weight excluding hydrogens is 318 g/mol. The average molecular weight is 341 g/mol. The molecule has 0 radical (unpaired) electrons. The lowest BCUT2D eigenvalue weighted by molar-refractivity contribution is -0.120. The molecule has 1 aromatic carbocycles. The number of anilines is 3. The van der Waals surface area contributed by atoms with Crippen molar-refractivity contribution in [3.05, 3.63) is 36.7 Å². The Bertz CT molecular complexity index is 753. The maximum Gasteiger partial charge on any atom is 0.249 e. The van der Waals surface area contributed by atoms with Crippen molar-refractivity contribution in [3.8, 4) is 0 Å². The van der Waals surface area contributed by atoms with Crippen molar-refractivity contribution in [1.82, 2.24) is 9.78 Å². The zero-order chi connectivity index (χ0) is 17.8. The first-order chi connectivity index (χ1) is 12.1. The van der Waals surface area contributed by atoms with Crippen LogP contribution in [0.1, 0.15) is 26.2 Å². The second-order valence-electron chi connectivity index (χ2n) is 6.18. The van der Waals surface area contributed by atoms with Gasteiger partial charge in [0.2, 0.25) is 11.8 Å². The van der Waals surface area contributed by atoms with Crippen LogP contribution in [-0.2, 0) is 16.6 Å². The summed E-state index contributed by atoms with van der Waals surface area (Å²) in [5.74, 6) is 0.0397. The van der Waals surface area contributed by atoms with Crippen molar-refractivity contribution >= 4 is 28.9 Å². The third-order valence-corrected chi connectivity index (χ3v) is 4.27. The van der Waals surface area contributed by atoms with E-state index < -0.39 is 0 Å². The van der Waals surface area contributed by atoms with Gasteiger partial charge in [-0.25, -0.2) is 0 Å². The smallest absolute Gasteiger partial charge is 0.249 e. The van der Waals surface area contributed by atoms with Crippen LogP contribution in [0.4, 0.5) is 17.1 Å². The largest absolute Gasteiger partial charge is 0.374 e. The maximum atomic E-state index is 12.8. The number of piperidine rings is 1. The Morgan fingerprint density at radius 1 is 1.28 bits per heavy atom. The number of hydrogen-bond acceptors (Lipinski definition) is 4. The number of aromatic nitrogens is 2. The number of rotatable bonds is 5. The van der Waals surface area contributed by atoms with E-state index in [1.807, 2.05) is 44.4 Å². The molecule has 1 aliphatic heterocycles. The number of carbonyl (C=O) groups is 2. The van der Waals surface area contributed by atoms with E-state index in [9.17, 15) is 9.59 Å². The van der Waals surface area contributed by atoms with Crippen LogP contribution in [0.15, 0.2) is 36.7 Å². The number of benzene rings is 1. The summed E-state index contributed by atoms with van der Waals surface area (Å²) in [4.78, 5) is 26.0. The molecule has 0 spiro atoms. The van der Waals surface area contributed by atoms with Gasteiger partial charge in [0.05, 0.1) is 11.9 Å². The normalized spacial score (nSPS) is 17.4. The molecule has 1 saturated heterocycles. The first-order valence-electron chi connectivity index (χ1n) is 8.53. The Morgan fingerprint density at radius 2 is 2.00 bits per heavy atom. The molecule has 2 N–H and O–H groups in total. The van der Waals surface area contributed by atoms with Crippen molar-refractivity contribution < 1.29 is 9.59 Å². The topological polar surface area (TPSA) is 79.3 Å². The molecule has 25 heavy (non-hydrogen) atoms. The summed E-state index contributed by atoms with van der Waals surface area (Å²) in [5.41, 5.74) is 2.45. The number of hydrogen-bond donors (Lipinski definition) is 2. The van der Waals surface area contributed by atoms with Crippen LogP contribution in [0, 0.1) is 0 Å². The SMILES string of the molecule is CCC(=O)Nc1ccc(N[C@H]2CCCN(c3cnn(C)c3)C2=O)cc1. The minimum Gasteiger partial charge on any atom is -0.374 e. The Hall–Kier alpha value is -2.83. The van der Waals surface area contributed by atoms with E-state index in [4.69, 9.17) is 0 Å². The van der Waals surface area contributed by atoms with E-state index in [-0.39, 0.29) is 17.9 Å². The fraction of sp³-hybridized carbons (Fsp3) is 0.389. The van der Waals surface area contributed by atoms with Crippen molar-refractivity contribution in [2.24, 2.45) is 7.05 Å². The molecular formula is C18H23N5O2. The van der Waals surface area contributed by atoms with Crippen molar-refractivity contribution in [3.63, 3.8) is 0 Å². The molecule has 132 valence electrons. The lowest BCUT2D eigenvalue weighted by Gasteiger charge is -2.32. The van der Waals surface area contributed by atoms with Gasteiger partial charge in [0, 0.05) is 37.6 Å². The van der Waals surface area contributed by atoms with Crippen LogP contribution in [0.25, 0.3) is 0 Å². The first kappa shape index (κ1) is 17.0. The van der Waals surface area contributed by atoms with Gasteiger partial charge in [-0.15, -0.1) is 0 Å². The number of nitrogens with zero attached hydrogens (tertiary/aromatic N) is 3. The van der Waals surface area contributed by atoms with Gasteiger partial charge in [-0.2, -0.15) is 5.10 Å². The molecule has 1 atom stereocenters. The Morgan fingerprint density at radius 3 is 2.64 bits per heavy atom. The second kappa shape index (κ2) is 7.38. The second-order valence-corrected chi connectivity index (χ2v) is 6.18. The van der Waals surface area contributed by atoms with E-state index in [1.165, 1.54) is 0 Å². The van der Waals surface area contributed by atoms with Gasteiger partial charge in [0.1, 0.15) is 6.04 Å². The van der Waals surface area contributed by atoms with Gasteiger partial charge in [-0.3, -0.25) is 14.3 Å². The highest BCUT2D eigenvalue weighted by atomic mass is 16.2. The van der Waals surface area contributed by atoms with Crippen LogP contribution in [-0.4, -0.2) is 34.2 Å². The summed E-state index contributed by atoms with van der Waals surface area (Å²) in [7, 11) is 1.84. The molecule has 1 fully saturated rings. The summed E-state index contributed by atoms with van der Waals surface area (Å²) >= 11 is 0. The Kier molecular flexibility index (Phi) is 5.02. The summed E-state index contributed by atoms with van der Waals surface area (Å²) in [6, 6.07) is 7.16. The highest BCUT2D eigenvalue weighted by Crippen LogP contribution is 2.23. The molecule has 7 nitrogen and oxygen atoms in total. The van der Waals surface area contributed by atoms with Crippen LogP contribution >= 0.6 is 0 Å². The number of nitrogens with one attached hydrogen (secondary N) is 2. The van der Waals surface area contributed by atoms with E-state index in [0.717, 1.165) is 29.9 Å². The number of aryl methyl sites for hydroxylation is 1. The molecule has 0 unspecified atom stereocenters. The Labute approximate surface area is 147 Å².